The monoisotopic (exact) mass is 266 g/mol. The van der Waals surface area contributed by atoms with Gasteiger partial charge in [0.2, 0.25) is 0 Å². The smallest absolute Gasteiger partial charge is 0.0915 e. The third-order valence-corrected chi connectivity index (χ3v) is 3.60. The topological polar surface area (TPSA) is 60.3 Å². The lowest BCUT2D eigenvalue weighted by atomic mass is 9.93. The lowest BCUT2D eigenvalue weighted by molar-refractivity contribution is -0.649. The average Bonchev–Trinajstić information content (AvgIpc) is 2.40. The van der Waals surface area contributed by atoms with E-state index >= 15 is 0 Å². The Bertz CT molecular complexity index is 368. The van der Waals surface area contributed by atoms with Crippen LogP contribution in [0.15, 0.2) is 30.3 Å². The Morgan fingerprint density at radius 3 is 2.37 bits per heavy atom. The third kappa shape index (κ3) is 4.28. The fraction of sp³-hybridized carbons (Fsp3) is 0.533. The molecule has 0 fully saturated rings. The summed E-state index contributed by atoms with van der Waals surface area (Å²) in [4.78, 5) is 0. The van der Waals surface area contributed by atoms with Crippen molar-refractivity contribution in [2.24, 2.45) is 5.92 Å². The number of nitrogens with two attached hydrogens (primary N) is 1. The summed E-state index contributed by atoms with van der Waals surface area (Å²) in [5.74, 6) is 0.204. The maximum absolute atomic E-state index is 10.1. The van der Waals surface area contributed by atoms with Crippen LogP contribution < -0.4 is 5.32 Å². The molecular weight excluding hydrogens is 240 g/mol. The molecule has 0 aliphatic carbocycles. The van der Waals surface area contributed by atoms with Crippen molar-refractivity contribution in [1.82, 2.24) is 5.06 Å². The summed E-state index contributed by atoms with van der Waals surface area (Å²) in [5.41, 5.74) is 0.566. The quantitative estimate of drug-likeness (QED) is 0.513. The van der Waals surface area contributed by atoms with E-state index in [0.29, 0.717) is 6.54 Å². The molecule has 1 rings (SSSR count). The molecule has 108 valence electrons. The predicted octanol–water partition coefficient (Wildman–Crippen LogP) is 1.18. The molecule has 2 atom stereocenters. The molecule has 0 saturated carbocycles. The Labute approximate surface area is 116 Å². The molecule has 1 aromatic rings. The maximum atomic E-state index is 10.1. The predicted molar refractivity (Wildman–Crippen MR) is 75.3 cm³/mol. The molecule has 0 aromatic heterocycles. The zero-order valence-electron chi connectivity index (χ0n) is 12.1. The molecule has 0 heterocycles. The van der Waals surface area contributed by atoms with E-state index in [1.54, 1.807) is 0 Å². The van der Waals surface area contributed by atoms with E-state index < -0.39 is 5.54 Å². The summed E-state index contributed by atoms with van der Waals surface area (Å²) in [7, 11) is 3.90. The first-order valence-corrected chi connectivity index (χ1v) is 6.67. The summed E-state index contributed by atoms with van der Waals surface area (Å²) in [5, 5.41) is 22.5. The second-order valence-corrected chi connectivity index (χ2v) is 5.70. The molecule has 0 aliphatic heterocycles. The minimum Gasteiger partial charge on any atom is -0.472 e. The van der Waals surface area contributed by atoms with Gasteiger partial charge in [-0.15, -0.1) is 0 Å². The molecule has 1 aromatic carbocycles. The first-order valence-electron chi connectivity index (χ1n) is 6.67. The van der Waals surface area contributed by atoms with Crippen LogP contribution in [-0.4, -0.2) is 34.1 Å². The van der Waals surface area contributed by atoms with Crippen LogP contribution in [0.3, 0.4) is 0 Å². The third-order valence-electron chi connectivity index (χ3n) is 3.60. The van der Waals surface area contributed by atoms with Crippen LogP contribution in [0.1, 0.15) is 32.4 Å². The van der Waals surface area contributed by atoms with E-state index in [2.05, 4.69) is 26.1 Å². The Morgan fingerprint density at radius 1 is 1.32 bits per heavy atom. The first-order chi connectivity index (χ1) is 8.92. The van der Waals surface area contributed by atoms with Gasteiger partial charge in [0.15, 0.2) is 0 Å². The zero-order chi connectivity index (χ0) is 14.5. The number of quaternary nitrogens is 1. The van der Waals surface area contributed by atoms with E-state index in [0.717, 1.165) is 0 Å². The highest BCUT2D eigenvalue weighted by Crippen LogP contribution is 2.21. The number of hydrogen-bond donors (Lipinski definition) is 3. The van der Waals surface area contributed by atoms with Crippen molar-refractivity contribution in [2.75, 3.05) is 13.2 Å². The summed E-state index contributed by atoms with van der Waals surface area (Å²) in [6.07, 6.45) is 0. The molecular formula is C15H26N2O2. The van der Waals surface area contributed by atoms with Gasteiger partial charge in [-0.1, -0.05) is 37.3 Å². The Morgan fingerprint density at radius 2 is 1.89 bits per heavy atom. The lowest BCUT2D eigenvalue weighted by Crippen LogP contribution is -2.80. The molecule has 0 unspecified atom stereocenters. The second kappa shape index (κ2) is 7.01. The highest BCUT2D eigenvalue weighted by molar-refractivity contribution is 5.17. The molecule has 0 bridgehead atoms. The van der Waals surface area contributed by atoms with Crippen LogP contribution >= 0.6 is 0 Å². The number of aliphatic hydroxyl groups excluding tert-OH is 1. The highest BCUT2D eigenvalue weighted by atomic mass is 16.5. The molecule has 19 heavy (non-hydrogen) atoms. The number of hydrogen-bond acceptors (Lipinski definition) is 3. The van der Waals surface area contributed by atoms with Crippen LogP contribution in [0.25, 0.3) is 0 Å². The molecule has 4 heteroatoms. The summed E-state index contributed by atoms with van der Waals surface area (Å²) >= 11 is 0. The van der Waals surface area contributed by atoms with Crippen LogP contribution in [0.2, 0.25) is 0 Å². The van der Waals surface area contributed by atoms with Gasteiger partial charge in [0, 0.05) is 18.0 Å². The van der Waals surface area contributed by atoms with Gasteiger partial charge >= 0.3 is 0 Å². The standard InChI is InChI=1S/C15H26N2O2/c1-12(10-17(19)15(2,3)11-18)14(16-4)13-8-6-5-7-9-13/h5-9,12,14,18-19H,4,10-11,16H2,1-3H3/t12-,14+/m0/s1. The van der Waals surface area contributed by atoms with Crippen molar-refractivity contribution >= 4 is 0 Å². The van der Waals surface area contributed by atoms with Crippen molar-refractivity contribution in [1.29, 1.82) is 0 Å². The van der Waals surface area contributed by atoms with E-state index in [4.69, 9.17) is 0 Å². The van der Waals surface area contributed by atoms with Gasteiger partial charge in [0.25, 0.3) is 0 Å². The summed E-state index contributed by atoms with van der Waals surface area (Å²) < 4.78 is 0. The summed E-state index contributed by atoms with van der Waals surface area (Å²) in [6, 6.07) is 10.3. The lowest BCUT2D eigenvalue weighted by Gasteiger charge is -2.35. The van der Waals surface area contributed by atoms with Crippen LogP contribution in [0, 0.1) is 13.0 Å². The van der Waals surface area contributed by atoms with Crippen LogP contribution in [0.4, 0.5) is 0 Å². The van der Waals surface area contributed by atoms with Gasteiger partial charge in [-0.3, -0.25) is 0 Å². The highest BCUT2D eigenvalue weighted by Gasteiger charge is 2.29. The molecule has 4 N–H and O–H groups in total. The van der Waals surface area contributed by atoms with Gasteiger partial charge < -0.3 is 15.6 Å². The molecule has 4 nitrogen and oxygen atoms in total. The van der Waals surface area contributed by atoms with Gasteiger partial charge in [0.1, 0.15) is 0 Å². The fourth-order valence-electron chi connectivity index (χ4n) is 2.09. The van der Waals surface area contributed by atoms with Crippen molar-refractivity contribution < 1.29 is 15.6 Å². The van der Waals surface area contributed by atoms with Gasteiger partial charge in [-0.05, 0) is 13.8 Å². The van der Waals surface area contributed by atoms with Gasteiger partial charge in [0.05, 0.1) is 18.2 Å². The molecule has 0 aliphatic rings. The number of benzene rings is 1. The van der Waals surface area contributed by atoms with Gasteiger partial charge in [-0.25, -0.2) is 0 Å². The SMILES string of the molecule is [CH2-][NH2+][C@@H](c1ccccc1)[C@@H](C)CN(O)C(C)(C)CO. The number of aliphatic hydroxyl groups is 1. The fourth-order valence-corrected chi connectivity index (χ4v) is 2.09. The van der Waals surface area contributed by atoms with Crippen molar-refractivity contribution in [3.63, 3.8) is 0 Å². The Kier molecular flexibility index (Phi) is 5.94. The Balaban J connectivity index is 2.73. The van der Waals surface area contributed by atoms with E-state index in [-0.39, 0.29) is 18.6 Å². The van der Waals surface area contributed by atoms with Crippen molar-refractivity contribution in [3.05, 3.63) is 42.9 Å². The number of nitrogens with zero attached hydrogens (tertiary/aromatic N) is 1. The van der Waals surface area contributed by atoms with E-state index in [1.165, 1.54) is 10.6 Å². The van der Waals surface area contributed by atoms with Crippen LogP contribution in [-0.2, 0) is 0 Å². The van der Waals surface area contributed by atoms with E-state index in [1.807, 2.05) is 37.4 Å². The Hall–Kier alpha value is -0.940. The maximum Gasteiger partial charge on any atom is 0.0915 e. The molecule has 0 amide bonds. The van der Waals surface area contributed by atoms with Crippen molar-refractivity contribution in [2.45, 2.75) is 32.4 Å². The van der Waals surface area contributed by atoms with E-state index in [9.17, 15) is 10.3 Å². The first kappa shape index (κ1) is 16.1. The summed E-state index contributed by atoms with van der Waals surface area (Å²) in [6.45, 7) is 6.10. The average molecular weight is 266 g/mol. The molecule has 0 spiro atoms. The van der Waals surface area contributed by atoms with Crippen molar-refractivity contribution in [3.8, 4) is 0 Å². The minimum atomic E-state index is -0.628. The molecule has 0 radical (unpaired) electrons. The number of rotatable bonds is 7. The number of hydroxylamine groups is 2. The van der Waals surface area contributed by atoms with Gasteiger partial charge in [-0.2, -0.15) is 12.1 Å². The molecule has 0 saturated heterocycles. The van der Waals surface area contributed by atoms with Crippen LogP contribution in [0.5, 0.6) is 0 Å². The minimum absolute atomic E-state index is 0.0830. The largest absolute Gasteiger partial charge is 0.472 e. The second-order valence-electron chi connectivity index (χ2n) is 5.70. The normalized spacial score (nSPS) is 15.5. The zero-order valence-corrected chi connectivity index (χ0v) is 12.1.